The largest absolute Gasteiger partial charge is 0.497 e. The Morgan fingerprint density at radius 1 is 0.421 bits per heavy atom. The van der Waals surface area contributed by atoms with Gasteiger partial charge in [0.05, 0.1) is 40.6 Å². The summed E-state index contributed by atoms with van der Waals surface area (Å²) >= 11 is 0. The molecular formula is C69H75F3N12O11. The Balaban J connectivity index is 1.01. The zero-order chi connectivity index (χ0) is 69.0. The third-order valence-corrected chi connectivity index (χ3v) is 17.1. The fourth-order valence-corrected chi connectivity index (χ4v) is 11.3. The van der Waals surface area contributed by atoms with Crippen LogP contribution < -0.4 is 63.3 Å². The number of aryl methyl sites for hydroxylation is 3. The van der Waals surface area contributed by atoms with Crippen LogP contribution in [0.4, 0.5) is 30.2 Å². The summed E-state index contributed by atoms with van der Waals surface area (Å²) in [5, 5.41) is 18.6. The lowest BCUT2D eigenvalue weighted by Crippen LogP contribution is -2.59. The summed E-state index contributed by atoms with van der Waals surface area (Å²) in [4.78, 5) is 107. The fourth-order valence-electron chi connectivity index (χ4n) is 11.3. The number of benzene rings is 6. The molecule has 15 N–H and O–H groups in total. The number of hydrogen-bond acceptors (Lipinski definition) is 14. The number of anilines is 3. The number of halogens is 3. The number of alkyl halides is 3. The van der Waals surface area contributed by atoms with Crippen LogP contribution in [0.25, 0.3) is 32.7 Å². The summed E-state index contributed by atoms with van der Waals surface area (Å²) in [5.41, 5.74) is 17.2. The van der Waals surface area contributed by atoms with Gasteiger partial charge >= 0.3 is 12.1 Å². The molecule has 0 saturated carbocycles. The standard InChI is InChI=1S/C69H75F3N12O11/c1-37-49(52-28-46(92-7)22-25-55(52)76-37)31-58(85)82-65(4,34-73)61(88)79-43-16-10-40(11-17-43)68(95-64(91)69(70,71)72,41-12-18-44(19-13-41)80-62(89)66(5,35-74)83-59(86)32-50-38(2)77-56-26-23-47(93-8)29-53(50)56)42-14-20-45(21-15-42)81-63(90)67(6,36-75)84-60(87)33-51-39(3)78-57-27-24-48(94-9)30-54(51)57/h10-30,76-78H,31-36,73-75H2,1-9H3,(H,79,88)(H,80,89)(H,81,90)(H,82,85)(H,83,86)(H,84,87)/t65-,66-,67-/m1/s1. The number of carbonyl (C=O) groups excluding carboxylic acids is 7. The van der Waals surface area contributed by atoms with Crippen molar-refractivity contribution < 1.29 is 65.7 Å². The maximum Gasteiger partial charge on any atom is 0.490 e. The number of H-pyrrole nitrogens is 3. The van der Waals surface area contributed by atoms with Crippen molar-refractivity contribution in [3.05, 3.63) is 178 Å². The minimum Gasteiger partial charge on any atom is -0.497 e. The van der Waals surface area contributed by atoms with E-state index in [1.807, 2.05) is 39.0 Å². The number of fused-ring (bicyclic) bond motifs is 3. The Morgan fingerprint density at radius 2 is 0.684 bits per heavy atom. The van der Waals surface area contributed by atoms with E-state index in [1.165, 1.54) is 115 Å². The Bertz CT molecular complexity index is 3990. The molecule has 0 bridgehead atoms. The molecule has 26 heteroatoms. The van der Waals surface area contributed by atoms with Crippen molar-refractivity contribution in [2.45, 2.75) is 89.2 Å². The van der Waals surface area contributed by atoms with Gasteiger partial charge in [-0.25, -0.2) is 4.79 Å². The predicted molar refractivity (Wildman–Crippen MR) is 354 cm³/mol. The number of aromatic nitrogens is 3. The van der Waals surface area contributed by atoms with Gasteiger partial charge in [-0.3, -0.25) is 28.8 Å². The van der Waals surface area contributed by atoms with E-state index in [0.29, 0.717) is 33.9 Å². The van der Waals surface area contributed by atoms with Crippen molar-refractivity contribution in [3.8, 4) is 17.2 Å². The maximum atomic E-state index is 14.8. The Kier molecular flexibility index (Phi) is 19.9. The van der Waals surface area contributed by atoms with E-state index in [9.17, 15) is 46.7 Å². The minimum atomic E-state index is -5.58. The lowest BCUT2D eigenvalue weighted by molar-refractivity contribution is -0.209. The third-order valence-electron chi connectivity index (χ3n) is 17.1. The van der Waals surface area contributed by atoms with Gasteiger partial charge in [-0.15, -0.1) is 0 Å². The lowest BCUT2D eigenvalue weighted by atomic mass is 9.79. The van der Waals surface area contributed by atoms with Gasteiger partial charge in [-0.2, -0.15) is 13.2 Å². The third kappa shape index (κ3) is 14.4. The Hall–Kier alpha value is -10.7. The van der Waals surface area contributed by atoms with Gasteiger partial charge < -0.3 is 83.0 Å². The van der Waals surface area contributed by atoms with E-state index >= 15 is 0 Å². The lowest BCUT2D eigenvalue weighted by Gasteiger charge is -2.36. The van der Waals surface area contributed by atoms with Crippen LogP contribution in [-0.4, -0.2) is 120 Å². The number of esters is 1. The van der Waals surface area contributed by atoms with E-state index in [0.717, 1.165) is 49.8 Å². The van der Waals surface area contributed by atoms with Crippen LogP contribution >= 0.6 is 0 Å². The average Bonchev–Trinajstić information content (AvgIpc) is 1.73. The zero-order valence-electron chi connectivity index (χ0n) is 53.7. The molecule has 0 aliphatic carbocycles. The number of nitrogens with two attached hydrogens (primary N) is 3. The maximum absolute atomic E-state index is 14.8. The summed E-state index contributed by atoms with van der Waals surface area (Å²) in [5.74, 6) is -4.77. The van der Waals surface area contributed by atoms with Crippen molar-refractivity contribution in [1.82, 2.24) is 30.9 Å². The molecule has 0 unspecified atom stereocenters. The molecule has 9 aromatic rings. The Labute approximate surface area is 544 Å². The average molecular weight is 1310 g/mol. The molecule has 0 radical (unpaired) electrons. The van der Waals surface area contributed by atoms with Gasteiger partial charge in [0.25, 0.3) is 17.7 Å². The first-order valence-electron chi connectivity index (χ1n) is 30.1. The van der Waals surface area contributed by atoms with Crippen molar-refractivity contribution >= 4 is 91.2 Å². The molecule has 3 heterocycles. The monoisotopic (exact) mass is 1300 g/mol. The molecule has 0 fully saturated rings. The number of hydrogen-bond donors (Lipinski definition) is 12. The van der Waals surface area contributed by atoms with E-state index in [-0.39, 0.29) is 72.6 Å². The van der Waals surface area contributed by atoms with Gasteiger partial charge in [0.1, 0.15) is 33.9 Å². The number of nitrogens with one attached hydrogen (secondary N) is 9. The van der Waals surface area contributed by atoms with E-state index < -0.39 is 69.8 Å². The first kappa shape index (κ1) is 68.7. The number of carbonyl (C=O) groups is 7. The molecule has 0 aliphatic heterocycles. The first-order valence-corrected chi connectivity index (χ1v) is 30.1. The topological polar surface area (TPSA) is 354 Å². The van der Waals surface area contributed by atoms with Crippen molar-refractivity contribution in [2.24, 2.45) is 17.2 Å². The minimum absolute atomic E-state index is 0.0816. The smallest absolute Gasteiger partial charge is 0.490 e. The number of rotatable bonds is 25. The van der Waals surface area contributed by atoms with Crippen LogP contribution in [0.2, 0.25) is 0 Å². The number of methoxy groups -OCH3 is 3. The van der Waals surface area contributed by atoms with Crippen molar-refractivity contribution in [3.63, 3.8) is 0 Å². The molecule has 0 saturated heterocycles. The van der Waals surface area contributed by atoms with Crippen LogP contribution in [0.3, 0.4) is 0 Å². The van der Waals surface area contributed by atoms with Crippen LogP contribution in [0.1, 0.15) is 71.2 Å². The van der Waals surface area contributed by atoms with Gasteiger partial charge in [-0.05, 0) is 149 Å². The van der Waals surface area contributed by atoms with Crippen LogP contribution in [0.15, 0.2) is 127 Å². The molecule has 3 atom stereocenters. The molecule has 498 valence electrons. The highest BCUT2D eigenvalue weighted by Crippen LogP contribution is 2.44. The molecule has 0 aliphatic rings. The highest BCUT2D eigenvalue weighted by Gasteiger charge is 2.50. The van der Waals surface area contributed by atoms with Crippen LogP contribution in [0.5, 0.6) is 17.2 Å². The summed E-state index contributed by atoms with van der Waals surface area (Å²) in [6.45, 7) is 8.61. The van der Waals surface area contributed by atoms with Crippen molar-refractivity contribution in [2.75, 3.05) is 56.9 Å². The van der Waals surface area contributed by atoms with Crippen LogP contribution in [-0.2, 0) is 63.2 Å². The summed E-state index contributed by atoms with van der Waals surface area (Å²) in [7, 11) is 4.56. The molecule has 3 aromatic heterocycles. The van der Waals surface area contributed by atoms with Crippen molar-refractivity contribution in [1.29, 1.82) is 0 Å². The predicted octanol–water partition coefficient (Wildman–Crippen LogP) is 7.52. The summed E-state index contributed by atoms with van der Waals surface area (Å²) in [6.07, 6.45) is -5.99. The molecule has 23 nitrogen and oxygen atoms in total. The number of aromatic amines is 3. The van der Waals surface area contributed by atoms with E-state index in [2.05, 4.69) is 46.9 Å². The summed E-state index contributed by atoms with van der Waals surface area (Å²) in [6, 6.07) is 32.0. The zero-order valence-corrected chi connectivity index (χ0v) is 53.7. The van der Waals surface area contributed by atoms with Gasteiger partial charge in [0.15, 0.2) is 5.60 Å². The second-order valence-corrected chi connectivity index (χ2v) is 23.9. The SMILES string of the molecule is COc1ccc2[nH]c(C)c(CC(=O)N[C@](C)(CN)C(=O)Nc3ccc(C(OC(=O)C(F)(F)F)(c4ccc(NC(=O)[C@@](C)(CN)NC(=O)Cc5c(C)[nH]c6ccc(OC)cc56)cc4)c4ccc(NC(=O)[C@@](C)(CN)NC(=O)Cc5c(C)[nH]c6ccc(OC)cc56)cc4)cc3)c2c1. The highest BCUT2D eigenvalue weighted by molar-refractivity contribution is 6.04. The second kappa shape index (κ2) is 27.5. The quantitative estimate of drug-likeness (QED) is 0.0194. The van der Waals surface area contributed by atoms with Gasteiger partial charge in [0, 0.05) is 103 Å². The number of ether oxygens (including phenoxy) is 4. The highest BCUT2D eigenvalue weighted by atomic mass is 19.4. The molecule has 0 spiro atoms. The number of amides is 6. The molecule has 6 amide bonds. The molecular weight excluding hydrogens is 1230 g/mol. The van der Waals surface area contributed by atoms with E-state index in [1.54, 1.807) is 36.4 Å². The fraction of sp³-hybridized carbons (Fsp3) is 0.290. The first-order chi connectivity index (χ1) is 45.0. The summed E-state index contributed by atoms with van der Waals surface area (Å²) < 4.78 is 66.2. The van der Waals surface area contributed by atoms with Gasteiger partial charge in [-0.1, -0.05) is 36.4 Å². The Morgan fingerprint density at radius 3 is 0.916 bits per heavy atom. The molecule has 95 heavy (non-hydrogen) atoms. The van der Waals surface area contributed by atoms with Gasteiger partial charge in [0.2, 0.25) is 17.7 Å². The molecule has 6 aromatic carbocycles. The van der Waals surface area contributed by atoms with Crippen LogP contribution in [0, 0.1) is 20.8 Å². The van der Waals surface area contributed by atoms with E-state index in [4.69, 9.17) is 36.1 Å². The normalized spacial score (nSPS) is 13.6. The second-order valence-electron chi connectivity index (χ2n) is 23.9. The molecule has 9 rings (SSSR count).